The molecule has 0 saturated carbocycles. The number of nitrogens with zero attached hydrogens (tertiary/aromatic N) is 3. The molecule has 1 unspecified atom stereocenters. The monoisotopic (exact) mass is 388 g/mol. The highest BCUT2D eigenvalue weighted by molar-refractivity contribution is 8.00. The molecule has 4 rings (SSSR count). The van der Waals surface area contributed by atoms with E-state index >= 15 is 0 Å². The van der Waals surface area contributed by atoms with E-state index in [4.69, 9.17) is 4.98 Å². The van der Waals surface area contributed by atoms with E-state index in [-0.39, 0.29) is 11.2 Å². The largest absolute Gasteiger partial charge is 0.324 e. The number of benzene rings is 1. The van der Waals surface area contributed by atoms with Gasteiger partial charge in [-0.2, -0.15) is 5.26 Å². The first-order valence-electron chi connectivity index (χ1n) is 9.40. The highest BCUT2D eigenvalue weighted by atomic mass is 32.2. The standard InChI is InChI=1S/C22H20N4OS/c1-14(21(27)25-20-10-4-9-19-17(20)7-5-11-24-19)28-22-16(13-23)12-15-6-2-3-8-18(15)26-22/h4-5,7,9-12,14H,2-3,6,8H2,1H3,(H,25,27). The van der Waals surface area contributed by atoms with Gasteiger partial charge < -0.3 is 5.32 Å². The lowest BCUT2D eigenvalue weighted by Crippen LogP contribution is -2.23. The number of hydrogen-bond donors (Lipinski definition) is 1. The predicted molar refractivity (Wildman–Crippen MR) is 111 cm³/mol. The smallest absolute Gasteiger partial charge is 0.237 e. The minimum Gasteiger partial charge on any atom is -0.324 e. The average molecular weight is 388 g/mol. The van der Waals surface area contributed by atoms with Crippen molar-refractivity contribution in [1.29, 1.82) is 5.26 Å². The maximum absolute atomic E-state index is 12.8. The van der Waals surface area contributed by atoms with Crippen LogP contribution in [0.1, 0.15) is 36.6 Å². The molecule has 1 aromatic carbocycles. The van der Waals surface area contributed by atoms with Crippen LogP contribution in [0.3, 0.4) is 0 Å². The number of nitriles is 1. The normalized spacial score (nSPS) is 14.1. The number of rotatable bonds is 4. The summed E-state index contributed by atoms with van der Waals surface area (Å²) in [5, 5.41) is 13.7. The molecule has 0 radical (unpaired) electrons. The molecule has 1 atom stereocenters. The summed E-state index contributed by atoms with van der Waals surface area (Å²) in [7, 11) is 0. The minimum absolute atomic E-state index is 0.121. The molecule has 6 heteroatoms. The molecule has 0 saturated heterocycles. The van der Waals surface area contributed by atoms with E-state index in [0.717, 1.165) is 48.0 Å². The van der Waals surface area contributed by atoms with Crippen LogP contribution in [0.4, 0.5) is 5.69 Å². The second-order valence-electron chi connectivity index (χ2n) is 6.89. The average Bonchev–Trinajstić information content (AvgIpc) is 2.73. The van der Waals surface area contributed by atoms with Crippen LogP contribution in [-0.2, 0) is 17.6 Å². The first kappa shape index (κ1) is 18.5. The van der Waals surface area contributed by atoms with Gasteiger partial charge in [0.1, 0.15) is 11.1 Å². The van der Waals surface area contributed by atoms with Crippen LogP contribution in [0.2, 0.25) is 0 Å². The van der Waals surface area contributed by atoms with Crippen LogP contribution in [-0.4, -0.2) is 21.1 Å². The topological polar surface area (TPSA) is 78.7 Å². The summed E-state index contributed by atoms with van der Waals surface area (Å²) in [4.78, 5) is 21.8. The van der Waals surface area contributed by atoms with Crippen LogP contribution in [0.15, 0.2) is 47.6 Å². The van der Waals surface area contributed by atoms with Crippen LogP contribution in [0.5, 0.6) is 0 Å². The Balaban J connectivity index is 1.54. The summed E-state index contributed by atoms with van der Waals surface area (Å²) in [6.07, 6.45) is 5.93. The van der Waals surface area contributed by atoms with Crippen molar-refractivity contribution >= 4 is 34.3 Å². The fourth-order valence-corrected chi connectivity index (χ4v) is 4.35. The van der Waals surface area contributed by atoms with Gasteiger partial charge >= 0.3 is 0 Å². The Labute approximate surface area is 168 Å². The Morgan fingerprint density at radius 3 is 2.96 bits per heavy atom. The third-order valence-electron chi connectivity index (χ3n) is 4.95. The summed E-state index contributed by atoms with van der Waals surface area (Å²) < 4.78 is 0. The van der Waals surface area contributed by atoms with Crippen LogP contribution in [0.25, 0.3) is 10.9 Å². The number of nitrogens with one attached hydrogen (secondary N) is 1. The van der Waals surface area contributed by atoms with Crippen molar-refractivity contribution in [3.8, 4) is 6.07 Å². The van der Waals surface area contributed by atoms with E-state index in [1.807, 2.05) is 43.3 Å². The van der Waals surface area contributed by atoms with Crippen molar-refractivity contribution < 1.29 is 4.79 Å². The van der Waals surface area contributed by atoms with Gasteiger partial charge in [-0.15, -0.1) is 0 Å². The second kappa shape index (κ2) is 7.99. The maximum atomic E-state index is 12.8. The first-order valence-corrected chi connectivity index (χ1v) is 10.3. The zero-order valence-corrected chi connectivity index (χ0v) is 16.4. The van der Waals surface area contributed by atoms with E-state index in [2.05, 4.69) is 16.4 Å². The summed E-state index contributed by atoms with van der Waals surface area (Å²) in [5.41, 5.74) is 4.37. The van der Waals surface area contributed by atoms with Crippen molar-refractivity contribution in [1.82, 2.24) is 9.97 Å². The van der Waals surface area contributed by atoms with Crippen molar-refractivity contribution in [2.45, 2.75) is 42.9 Å². The number of aryl methyl sites for hydroxylation is 2. The molecular formula is C22H20N4OS. The molecule has 1 N–H and O–H groups in total. The molecule has 0 fully saturated rings. The summed E-state index contributed by atoms with van der Waals surface area (Å²) >= 11 is 1.34. The molecule has 140 valence electrons. The molecular weight excluding hydrogens is 368 g/mol. The summed E-state index contributed by atoms with van der Waals surface area (Å²) in [6, 6.07) is 13.6. The highest BCUT2D eigenvalue weighted by Gasteiger charge is 2.21. The van der Waals surface area contributed by atoms with Gasteiger partial charge in [0, 0.05) is 17.3 Å². The van der Waals surface area contributed by atoms with Crippen molar-refractivity contribution in [3.63, 3.8) is 0 Å². The predicted octanol–water partition coefficient (Wildman–Crippen LogP) is 4.50. The van der Waals surface area contributed by atoms with Crippen LogP contribution >= 0.6 is 11.8 Å². The molecule has 0 aliphatic heterocycles. The molecule has 3 aromatic rings. The molecule has 0 bridgehead atoms. The van der Waals surface area contributed by atoms with Crippen molar-refractivity contribution in [3.05, 3.63) is 59.4 Å². The number of carbonyl (C=O) groups excluding carboxylic acids is 1. The number of carbonyl (C=O) groups is 1. The number of pyridine rings is 2. The third kappa shape index (κ3) is 3.71. The van der Waals surface area contributed by atoms with Gasteiger partial charge in [-0.05, 0) is 68.5 Å². The number of fused-ring (bicyclic) bond motifs is 2. The van der Waals surface area contributed by atoms with E-state index in [1.165, 1.54) is 17.3 Å². The molecule has 1 aliphatic rings. The zero-order valence-electron chi connectivity index (χ0n) is 15.6. The molecule has 1 amide bonds. The quantitative estimate of drug-likeness (QED) is 0.666. The summed E-state index contributed by atoms with van der Waals surface area (Å²) in [6.45, 7) is 1.84. The fraction of sp³-hybridized carbons (Fsp3) is 0.273. The number of anilines is 1. The molecule has 5 nitrogen and oxygen atoms in total. The summed E-state index contributed by atoms with van der Waals surface area (Å²) in [5.74, 6) is -0.121. The molecule has 1 aliphatic carbocycles. The van der Waals surface area contributed by atoms with Crippen molar-refractivity contribution in [2.24, 2.45) is 0 Å². The van der Waals surface area contributed by atoms with Crippen LogP contribution in [0, 0.1) is 11.3 Å². The molecule has 2 heterocycles. The number of aromatic nitrogens is 2. The van der Waals surface area contributed by atoms with Gasteiger partial charge in [-0.1, -0.05) is 17.8 Å². The van der Waals surface area contributed by atoms with E-state index < -0.39 is 0 Å². The van der Waals surface area contributed by atoms with Crippen molar-refractivity contribution in [2.75, 3.05) is 5.32 Å². The first-order chi connectivity index (χ1) is 13.7. The lowest BCUT2D eigenvalue weighted by molar-refractivity contribution is -0.115. The lowest BCUT2D eigenvalue weighted by atomic mass is 9.95. The number of thioether (sulfide) groups is 1. The van der Waals surface area contributed by atoms with E-state index in [0.29, 0.717) is 10.6 Å². The second-order valence-corrected chi connectivity index (χ2v) is 8.22. The zero-order chi connectivity index (χ0) is 19.5. The van der Waals surface area contributed by atoms with Gasteiger partial charge in [0.25, 0.3) is 0 Å². The molecule has 0 spiro atoms. The van der Waals surface area contributed by atoms with E-state index in [1.54, 1.807) is 6.20 Å². The van der Waals surface area contributed by atoms with Gasteiger partial charge in [0.05, 0.1) is 22.0 Å². The van der Waals surface area contributed by atoms with E-state index in [9.17, 15) is 10.1 Å². The van der Waals surface area contributed by atoms with Gasteiger partial charge in [0.15, 0.2) is 0 Å². The number of amides is 1. The minimum atomic E-state index is -0.381. The Hall–Kier alpha value is -2.91. The molecule has 2 aromatic heterocycles. The van der Waals surface area contributed by atoms with Gasteiger partial charge in [0.2, 0.25) is 5.91 Å². The molecule has 28 heavy (non-hydrogen) atoms. The third-order valence-corrected chi connectivity index (χ3v) is 6.05. The Bertz CT molecular complexity index is 1080. The maximum Gasteiger partial charge on any atom is 0.237 e. The SMILES string of the molecule is CC(Sc1nc2c(cc1C#N)CCCC2)C(=O)Nc1cccc2ncccc12. The lowest BCUT2D eigenvalue weighted by Gasteiger charge is -2.18. The number of hydrogen-bond acceptors (Lipinski definition) is 5. The highest BCUT2D eigenvalue weighted by Crippen LogP contribution is 2.30. The van der Waals surface area contributed by atoms with Gasteiger partial charge in [-0.25, -0.2) is 4.98 Å². The Morgan fingerprint density at radius 2 is 2.11 bits per heavy atom. The van der Waals surface area contributed by atoms with Gasteiger partial charge in [-0.3, -0.25) is 9.78 Å². The Morgan fingerprint density at radius 1 is 1.25 bits per heavy atom. The Kier molecular flexibility index (Phi) is 5.27. The fourth-order valence-electron chi connectivity index (χ4n) is 3.45. The van der Waals surface area contributed by atoms with Crippen LogP contribution < -0.4 is 5.32 Å².